The molecule has 1 fully saturated rings. The van der Waals surface area contributed by atoms with Crippen LogP contribution in [0.1, 0.15) is 31.2 Å². The van der Waals surface area contributed by atoms with Gasteiger partial charge in [0.2, 0.25) is 5.91 Å². The lowest BCUT2D eigenvalue weighted by molar-refractivity contribution is -0.121. The fraction of sp³-hybridized carbons (Fsp3) is 0.611. The molecule has 3 rings (SSSR count). The van der Waals surface area contributed by atoms with Crippen LogP contribution in [0.25, 0.3) is 0 Å². The van der Waals surface area contributed by atoms with Gasteiger partial charge in [0.25, 0.3) is 0 Å². The van der Waals surface area contributed by atoms with Gasteiger partial charge in [0.1, 0.15) is 0 Å². The van der Waals surface area contributed by atoms with E-state index in [0.717, 1.165) is 52.0 Å². The summed E-state index contributed by atoms with van der Waals surface area (Å²) in [5.41, 5.74) is 2.83. The van der Waals surface area contributed by atoms with Crippen LogP contribution in [-0.4, -0.2) is 38.6 Å². The quantitative estimate of drug-likeness (QED) is 0.757. The van der Waals surface area contributed by atoms with E-state index in [1.807, 2.05) is 0 Å². The molecular weight excluding hydrogens is 274 g/mol. The molecule has 2 aliphatic heterocycles. The van der Waals surface area contributed by atoms with Crippen LogP contribution in [0.2, 0.25) is 0 Å². The first kappa shape index (κ1) is 15.3. The van der Waals surface area contributed by atoms with Gasteiger partial charge in [-0.05, 0) is 56.3 Å². The molecule has 22 heavy (non-hydrogen) atoms. The summed E-state index contributed by atoms with van der Waals surface area (Å²) >= 11 is 0. The highest BCUT2D eigenvalue weighted by Gasteiger charge is 2.18. The predicted molar refractivity (Wildman–Crippen MR) is 90.2 cm³/mol. The Morgan fingerprint density at radius 2 is 2.27 bits per heavy atom. The largest absolute Gasteiger partial charge is 0.371 e. The minimum atomic E-state index is 0.216. The summed E-state index contributed by atoms with van der Waals surface area (Å²) in [6.45, 7) is 5.14. The summed E-state index contributed by atoms with van der Waals surface area (Å²) in [5, 5.41) is 6.42. The molecule has 120 valence electrons. The molecule has 0 spiro atoms. The highest BCUT2D eigenvalue weighted by molar-refractivity contribution is 5.75. The number of hydrogen-bond acceptors (Lipinski definition) is 3. The summed E-state index contributed by atoms with van der Waals surface area (Å²) in [6.07, 6.45) is 5.10. The number of nitrogens with one attached hydrogen (secondary N) is 2. The Labute approximate surface area is 133 Å². The molecule has 0 radical (unpaired) electrons. The molecule has 0 bridgehead atoms. The molecule has 0 aromatic heterocycles. The average molecular weight is 301 g/mol. The van der Waals surface area contributed by atoms with Gasteiger partial charge in [0.05, 0.1) is 0 Å². The molecule has 1 aromatic rings. The normalized spacial score (nSPS) is 20.2. The van der Waals surface area contributed by atoms with Crippen LogP contribution < -0.4 is 15.5 Å². The van der Waals surface area contributed by atoms with E-state index in [4.69, 9.17) is 0 Å². The molecular formula is C18H27N3O. The van der Waals surface area contributed by atoms with Crippen molar-refractivity contribution in [1.29, 1.82) is 0 Å². The van der Waals surface area contributed by atoms with Crippen LogP contribution in [0.15, 0.2) is 24.3 Å². The fourth-order valence-electron chi connectivity index (χ4n) is 3.52. The van der Waals surface area contributed by atoms with E-state index in [2.05, 4.69) is 39.8 Å². The van der Waals surface area contributed by atoms with Crippen molar-refractivity contribution in [2.24, 2.45) is 5.92 Å². The number of amides is 1. The molecule has 2 aliphatic rings. The number of rotatable bonds is 7. The van der Waals surface area contributed by atoms with Crippen molar-refractivity contribution >= 4 is 11.6 Å². The first-order chi connectivity index (χ1) is 10.8. The molecule has 1 unspecified atom stereocenters. The molecule has 0 saturated carbocycles. The molecule has 0 aliphatic carbocycles. The Morgan fingerprint density at radius 3 is 3.14 bits per heavy atom. The first-order valence-corrected chi connectivity index (χ1v) is 8.63. The second-order valence-electron chi connectivity index (χ2n) is 6.47. The smallest absolute Gasteiger partial charge is 0.220 e. The second kappa shape index (κ2) is 7.63. The maximum atomic E-state index is 11.8. The number of carbonyl (C=O) groups is 1. The fourth-order valence-corrected chi connectivity index (χ4v) is 3.52. The number of hydrogen-bond donors (Lipinski definition) is 2. The van der Waals surface area contributed by atoms with Crippen LogP contribution in [0, 0.1) is 5.92 Å². The lowest BCUT2D eigenvalue weighted by Crippen LogP contribution is -2.29. The van der Waals surface area contributed by atoms with E-state index >= 15 is 0 Å². The Morgan fingerprint density at radius 1 is 1.36 bits per heavy atom. The third-order valence-electron chi connectivity index (χ3n) is 4.85. The van der Waals surface area contributed by atoms with E-state index in [1.54, 1.807) is 0 Å². The van der Waals surface area contributed by atoms with Crippen LogP contribution in [0.5, 0.6) is 0 Å². The summed E-state index contributed by atoms with van der Waals surface area (Å²) in [7, 11) is 0. The number of anilines is 1. The summed E-state index contributed by atoms with van der Waals surface area (Å²) in [4.78, 5) is 14.3. The SMILES string of the molecule is O=C(CCC1CCNC1)NCCCN1CCc2ccccc21. The molecule has 1 saturated heterocycles. The van der Waals surface area contributed by atoms with Gasteiger partial charge in [-0.1, -0.05) is 18.2 Å². The number of benzene rings is 1. The van der Waals surface area contributed by atoms with Gasteiger partial charge in [0, 0.05) is 31.7 Å². The van der Waals surface area contributed by atoms with Gasteiger partial charge in [-0.2, -0.15) is 0 Å². The lowest BCUT2D eigenvalue weighted by Gasteiger charge is -2.19. The topological polar surface area (TPSA) is 44.4 Å². The Balaban J connectivity index is 1.30. The highest BCUT2D eigenvalue weighted by Crippen LogP contribution is 2.27. The number of carbonyl (C=O) groups excluding carboxylic acids is 1. The zero-order valence-electron chi connectivity index (χ0n) is 13.3. The van der Waals surface area contributed by atoms with Gasteiger partial charge >= 0.3 is 0 Å². The van der Waals surface area contributed by atoms with E-state index in [0.29, 0.717) is 12.3 Å². The molecule has 4 nitrogen and oxygen atoms in total. The molecule has 2 heterocycles. The maximum Gasteiger partial charge on any atom is 0.220 e. The minimum Gasteiger partial charge on any atom is -0.371 e. The Kier molecular flexibility index (Phi) is 5.33. The number of fused-ring (bicyclic) bond motifs is 1. The third kappa shape index (κ3) is 4.01. The van der Waals surface area contributed by atoms with E-state index < -0.39 is 0 Å². The molecule has 2 N–H and O–H groups in total. The van der Waals surface area contributed by atoms with Crippen molar-refractivity contribution in [3.63, 3.8) is 0 Å². The Bertz CT molecular complexity index is 497. The third-order valence-corrected chi connectivity index (χ3v) is 4.85. The average Bonchev–Trinajstić information content (AvgIpc) is 3.19. The second-order valence-corrected chi connectivity index (χ2v) is 6.47. The van der Waals surface area contributed by atoms with Crippen molar-refractivity contribution in [2.45, 2.75) is 32.1 Å². The lowest BCUT2D eigenvalue weighted by atomic mass is 10.0. The van der Waals surface area contributed by atoms with Gasteiger partial charge in [-0.15, -0.1) is 0 Å². The van der Waals surface area contributed by atoms with Crippen molar-refractivity contribution in [2.75, 3.05) is 37.6 Å². The van der Waals surface area contributed by atoms with Crippen LogP contribution in [-0.2, 0) is 11.2 Å². The van der Waals surface area contributed by atoms with Crippen LogP contribution >= 0.6 is 0 Å². The minimum absolute atomic E-state index is 0.216. The van der Waals surface area contributed by atoms with Crippen molar-refractivity contribution in [3.8, 4) is 0 Å². The Hall–Kier alpha value is -1.55. The number of nitrogens with zero attached hydrogens (tertiary/aromatic N) is 1. The van der Waals surface area contributed by atoms with Gasteiger partial charge in [-0.25, -0.2) is 0 Å². The highest BCUT2D eigenvalue weighted by atomic mass is 16.1. The zero-order valence-corrected chi connectivity index (χ0v) is 13.3. The zero-order chi connectivity index (χ0) is 15.2. The molecule has 1 aromatic carbocycles. The van der Waals surface area contributed by atoms with Gasteiger partial charge in [-0.3, -0.25) is 4.79 Å². The molecule has 1 atom stereocenters. The van der Waals surface area contributed by atoms with Crippen molar-refractivity contribution in [3.05, 3.63) is 29.8 Å². The summed E-state index contributed by atoms with van der Waals surface area (Å²) in [6, 6.07) is 8.64. The van der Waals surface area contributed by atoms with Crippen molar-refractivity contribution < 1.29 is 4.79 Å². The summed E-state index contributed by atoms with van der Waals surface area (Å²) in [5.74, 6) is 0.917. The summed E-state index contributed by atoms with van der Waals surface area (Å²) < 4.78 is 0. The van der Waals surface area contributed by atoms with E-state index in [1.165, 1.54) is 17.7 Å². The number of para-hydroxylation sites is 1. The van der Waals surface area contributed by atoms with Crippen LogP contribution in [0.4, 0.5) is 5.69 Å². The van der Waals surface area contributed by atoms with Gasteiger partial charge < -0.3 is 15.5 Å². The van der Waals surface area contributed by atoms with Crippen molar-refractivity contribution in [1.82, 2.24) is 10.6 Å². The molecule has 4 heteroatoms. The molecule has 1 amide bonds. The monoisotopic (exact) mass is 301 g/mol. The van der Waals surface area contributed by atoms with Gasteiger partial charge in [0.15, 0.2) is 0 Å². The maximum absolute atomic E-state index is 11.8. The standard InChI is InChI=1S/C18H27N3O/c22-18(7-6-15-8-11-19-14-15)20-10-3-12-21-13-9-16-4-1-2-5-17(16)21/h1-2,4-5,15,19H,3,6-14H2,(H,20,22). The van der Waals surface area contributed by atoms with E-state index in [9.17, 15) is 4.79 Å². The van der Waals surface area contributed by atoms with Crippen LogP contribution in [0.3, 0.4) is 0 Å². The first-order valence-electron chi connectivity index (χ1n) is 8.63. The van der Waals surface area contributed by atoms with E-state index in [-0.39, 0.29) is 5.91 Å². The predicted octanol–water partition coefficient (Wildman–Crippen LogP) is 1.95.